The summed E-state index contributed by atoms with van der Waals surface area (Å²) in [6.07, 6.45) is 0.613. The van der Waals surface area contributed by atoms with Gasteiger partial charge in [-0.3, -0.25) is 4.79 Å². The zero-order valence-electron chi connectivity index (χ0n) is 10.9. The van der Waals surface area contributed by atoms with Crippen LogP contribution in [0.2, 0.25) is 0 Å². The Bertz CT molecular complexity index is 591. The first-order valence-corrected chi connectivity index (χ1v) is 6.12. The minimum absolute atomic E-state index is 0.0627. The fourth-order valence-electron chi connectivity index (χ4n) is 1.83. The number of carbonyl (C=O) groups excluding carboxylic acids is 1. The SMILES string of the molecule is CC(C)Oc1cccc(-c2ccc(F)c(C=O)c2)c1. The third kappa shape index (κ3) is 3.19. The summed E-state index contributed by atoms with van der Waals surface area (Å²) in [5, 5.41) is 0. The fourth-order valence-corrected chi connectivity index (χ4v) is 1.83. The highest BCUT2D eigenvalue weighted by atomic mass is 19.1. The lowest BCUT2D eigenvalue weighted by atomic mass is 10.0. The van der Waals surface area contributed by atoms with Gasteiger partial charge in [0.15, 0.2) is 6.29 Å². The second-order valence-electron chi connectivity index (χ2n) is 4.55. The molecule has 0 aliphatic carbocycles. The van der Waals surface area contributed by atoms with Gasteiger partial charge in [-0.1, -0.05) is 18.2 Å². The summed E-state index contributed by atoms with van der Waals surface area (Å²) in [5.74, 6) is 0.248. The van der Waals surface area contributed by atoms with Crippen molar-refractivity contribution in [1.29, 1.82) is 0 Å². The molecule has 0 aliphatic heterocycles. The fraction of sp³-hybridized carbons (Fsp3) is 0.188. The van der Waals surface area contributed by atoms with Gasteiger partial charge in [-0.25, -0.2) is 4.39 Å². The Hall–Kier alpha value is -2.16. The predicted octanol–water partition coefficient (Wildman–Crippen LogP) is 4.09. The molecule has 0 bridgehead atoms. The first-order valence-electron chi connectivity index (χ1n) is 6.12. The molecule has 0 amide bonds. The van der Waals surface area contributed by atoms with E-state index in [0.29, 0.717) is 6.29 Å². The number of hydrogen-bond acceptors (Lipinski definition) is 2. The molecule has 3 heteroatoms. The van der Waals surface area contributed by atoms with Crippen LogP contribution in [0.3, 0.4) is 0 Å². The van der Waals surface area contributed by atoms with Gasteiger partial charge in [0.25, 0.3) is 0 Å². The zero-order valence-corrected chi connectivity index (χ0v) is 10.9. The molecule has 19 heavy (non-hydrogen) atoms. The maximum absolute atomic E-state index is 13.3. The van der Waals surface area contributed by atoms with E-state index in [4.69, 9.17) is 4.74 Å². The monoisotopic (exact) mass is 258 g/mol. The second kappa shape index (κ2) is 5.65. The van der Waals surface area contributed by atoms with Gasteiger partial charge in [0.05, 0.1) is 11.7 Å². The van der Waals surface area contributed by atoms with Crippen LogP contribution in [0.15, 0.2) is 42.5 Å². The smallest absolute Gasteiger partial charge is 0.153 e. The molecule has 0 aromatic heterocycles. The Kier molecular flexibility index (Phi) is 3.95. The molecule has 0 spiro atoms. The molecular formula is C16H15FO2. The van der Waals surface area contributed by atoms with Gasteiger partial charge in [0.1, 0.15) is 11.6 Å². The summed E-state index contributed by atoms with van der Waals surface area (Å²) in [6.45, 7) is 3.91. The van der Waals surface area contributed by atoms with Crippen molar-refractivity contribution < 1.29 is 13.9 Å². The van der Waals surface area contributed by atoms with Crippen LogP contribution < -0.4 is 4.74 Å². The molecule has 0 atom stereocenters. The Balaban J connectivity index is 2.38. The molecule has 0 fully saturated rings. The van der Waals surface area contributed by atoms with Crippen molar-refractivity contribution in [2.45, 2.75) is 20.0 Å². The molecule has 98 valence electrons. The van der Waals surface area contributed by atoms with Crippen LogP contribution >= 0.6 is 0 Å². The Morgan fingerprint density at radius 3 is 2.53 bits per heavy atom. The zero-order chi connectivity index (χ0) is 13.8. The van der Waals surface area contributed by atoms with Gasteiger partial charge < -0.3 is 4.74 Å². The quantitative estimate of drug-likeness (QED) is 0.772. The lowest BCUT2D eigenvalue weighted by Crippen LogP contribution is -2.05. The van der Waals surface area contributed by atoms with E-state index >= 15 is 0 Å². The molecule has 2 aromatic rings. The lowest BCUT2D eigenvalue weighted by Gasteiger charge is -2.11. The molecule has 0 heterocycles. The summed E-state index contributed by atoms with van der Waals surface area (Å²) < 4.78 is 18.9. The van der Waals surface area contributed by atoms with Crippen LogP contribution in [-0.2, 0) is 0 Å². The number of aldehydes is 1. The van der Waals surface area contributed by atoms with Crippen LogP contribution in [0.1, 0.15) is 24.2 Å². The predicted molar refractivity (Wildman–Crippen MR) is 73.0 cm³/mol. The molecule has 0 aliphatic rings. The summed E-state index contributed by atoms with van der Waals surface area (Å²) in [5.41, 5.74) is 1.74. The number of benzene rings is 2. The molecule has 0 radical (unpaired) electrons. The van der Waals surface area contributed by atoms with E-state index in [-0.39, 0.29) is 11.7 Å². The molecule has 2 rings (SSSR count). The van der Waals surface area contributed by atoms with Crippen LogP contribution in [0.5, 0.6) is 5.75 Å². The maximum Gasteiger partial charge on any atom is 0.153 e. The van der Waals surface area contributed by atoms with Gasteiger partial charge in [-0.15, -0.1) is 0 Å². The number of hydrogen-bond donors (Lipinski definition) is 0. The molecule has 0 saturated carbocycles. The highest BCUT2D eigenvalue weighted by molar-refractivity contribution is 5.79. The lowest BCUT2D eigenvalue weighted by molar-refractivity contribution is 0.112. The van der Waals surface area contributed by atoms with E-state index in [1.165, 1.54) is 12.1 Å². The van der Waals surface area contributed by atoms with Crippen molar-refractivity contribution in [2.75, 3.05) is 0 Å². The molecule has 2 nitrogen and oxygen atoms in total. The van der Waals surface area contributed by atoms with Gasteiger partial charge in [0.2, 0.25) is 0 Å². The standard InChI is InChI=1S/C16H15FO2/c1-11(2)19-15-5-3-4-12(9-15)13-6-7-16(17)14(8-13)10-18/h3-11H,1-2H3. The number of rotatable bonds is 4. The van der Waals surface area contributed by atoms with E-state index in [1.54, 1.807) is 6.07 Å². The number of halogens is 1. The van der Waals surface area contributed by atoms with Gasteiger partial charge in [-0.2, -0.15) is 0 Å². The molecule has 0 saturated heterocycles. The average molecular weight is 258 g/mol. The van der Waals surface area contributed by atoms with Gasteiger partial charge >= 0.3 is 0 Å². The van der Waals surface area contributed by atoms with Crippen molar-refractivity contribution >= 4 is 6.29 Å². The molecular weight excluding hydrogens is 243 g/mol. The van der Waals surface area contributed by atoms with Gasteiger partial charge in [0, 0.05) is 0 Å². The van der Waals surface area contributed by atoms with Crippen molar-refractivity contribution in [1.82, 2.24) is 0 Å². The Labute approximate surface area is 111 Å². The second-order valence-corrected chi connectivity index (χ2v) is 4.55. The first-order chi connectivity index (χ1) is 9.10. The van der Waals surface area contributed by atoms with Gasteiger partial charge in [-0.05, 0) is 49.2 Å². The topological polar surface area (TPSA) is 26.3 Å². The van der Waals surface area contributed by atoms with E-state index < -0.39 is 5.82 Å². The van der Waals surface area contributed by atoms with Crippen molar-refractivity contribution in [3.63, 3.8) is 0 Å². The highest BCUT2D eigenvalue weighted by Gasteiger charge is 2.06. The average Bonchev–Trinajstić information content (AvgIpc) is 2.39. The highest BCUT2D eigenvalue weighted by Crippen LogP contribution is 2.25. The van der Waals surface area contributed by atoms with E-state index in [9.17, 15) is 9.18 Å². The van der Waals surface area contributed by atoms with E-state index in [1.807, 2.05) is 38.1 Å². The van der Waals surface area contributed by atoms with E-state index in [0.717, 1.165) is 16.9 Å². The largest absolute Gasteiger partial charge is 0.491 e. The third-order valence-electron chi connectivity index (χ3n) is 2.66. The number of ether oxygens (including phenoxy) is 1. The van der Waals surface area contributed by atoms with Crippen LogP contribution in [-0.4, -0.2) is 12.4 Å². The van der Waals surface area contributed by atoms with Crippen LogP contribution in [0.25, 0.3) is 11.1 Å². The summed E-state index contributed by atoms with van der Waals surface area (Å²) >= 11 is 0. The Morgan fingerprint density at radius 1 is 1.11 bits per heavy atom. The van der Waals surface area contributed by atoms with Crippen LogP contribution in [0.4, 0.5) is 4.39 Å². The van der Waals surface area contributed by atoms with Crippen LogP contribution in [0, 0.1) is 5.82 Å². The minimum Gasteiger partial charge on any atom is -0.491 e. The van der Waals surface area contributed by atoms with Crippen molar-refractivity contribution in [3.05, 3.63) is 53.8 Å². The molecule has 2 aromatic carbocycles. The summed E-state index contributed by atoms with van der Waals surface area (Å²) in [4.78, 5) is 10.8. The number of carbonyl (C=O) groups is 1. The molecule has 0 N–H and O–H groups in total. The first kappa shape index (κ1) is 13.3. The van der Waals surface area contributed by atoms with Crippen molar-refractivity contribution in [2.24, 2.45) is 0 Å². The Morgan fingerprint density at radius 2 is 1.84 bits per heavy atom. The normalized spacial score (nSPS) is 10.5. The summed E-state index contributed by atoms with van der Waals surface area (Å²) in [6, 6.07) is 12.0. The maximum atomic E-state index is 13.3. The minimum atomic E-state index is -0.506. The molecule has 0 unspecified atom stereocenters. The summed E-state index contributed by atoms with van der Waals surface area (Å²) in [7, 11) is 0. The third-order valence-corrected chi connectivity index (χ3v) is 2.66. The van der Waals surface area contributed by atoms with Crippen molar-refractivity contribution in [3.8, 4) is 16.9 Å². The van der Waals surface area contributed by atoms with E-state index in [2.05, 4.69) is 0 Å².